The smallest absolute Gasteiger partial charge is 0.267 e. The Balaban J connectivity index is 2.21. The molecule has 2 aromatic rings. The fourth-order valence-corrected chi connectivity index (χ4v) is 1.91. The Labute approximate surface area is 102 Å². The second kappa shape index (κ2) is 4.84. The van der Waals surface area contributed by atoms with Gasteiger partial charge in [0.25, 0.3) is 5.91 Å². The zero-order valence-electron chi connectivity index (χ0n) is 8.83. The summed E-state index contributed by atoms with van der Waals surface area (Å²) in [5.41, 5.74) is 11.6. The molecular weight excluding hydrogens is 236 g/mol. The molecule has 0 radical (unpaired) electrons. The van der Waals surface area contributed by atoms with Crippen LogP contribution in [0, 0.1) is 0 Å². The van der Waals surface area contributed by atoms with Crippen LogP contribution in [0.1, 0.15) is 10.5 Å². The van der Waals surface area contributed by atoms with E-state index in [1.807, 2.05) is 12.1 Å². The quantitative estimate of drug-likeness (QED) is 0.629. The lowest BCUT2D eigenvalue weighted by atomic mass is 10.3. The maximum atomic E-state index is 11.0. The van der Waals surface area contributed by atoms with Gasteiger partial charge < -0.3 is 11.5 Å². The van der Waals surface area contributed by atoms with Crippen LogP contribution in [0.4, 0.5) is 5.69 Å². The van der Waals surface area contributed by atoms with Crippen molar-refractivity contribution in [2.75, 3.05) is 5.73 Å². The summed E-state index contributed by atoms with van der Waals surface area (Å²) in [5, 5.41) is 0.478. The molecular formula is C11H10N4OS. The molecule has 0 bridgehead atoms. The van der Waals surface area contributed by atoms with Crippen LogP contribution in [0.3, 0.4) is 0 Å². The highest BCUT2D eigenvalue weighted by Gasteiger charge is 2.05. The number of nitrogens with two attached hydrogens (primary N) is 2. The highest BCUT2D eigenvalue weighted by Crippen LogP contribution is 2.24. The van der Waals surface area contributed by atoms with E-state index in [-0.39, 0.29) is 5.69 Å². The van der Waals surface area contributed by atoms with Crippen molar-refractivity contribution in [3.8, 4) is 0 Å². The van der Waals surface area contributed by atoms with E-state index in [1.165, 1.54) is 24.0 Å². The van der Waals surface area contributed by atoms with Gasteiger partial charge in [-0.05, 0) is 42.1 Å². The lowest BCUT2D eigenvalue weighted by molar-refractivity contribution is 0.0994. The number of primary amides is 1. The van der Waals surface area contributed by atoms with Gasteiger partial charge in [0.2, 0.25) is 0 Å². The van der Waals surface area contributed by atoms with Crippen molar-refractivity contribution < 1.29 is 4.79 Å². The molecule has 0 aliphatic carbocycles. The molecule has 0 aliphatic heterocycles. The van der Waals surface area contributed by atoms with Gasteiger partial charge in [-0.2, -0.15) is 0 Å². The van der Waals surface area contributed by atoms with Gasteiger partial charge in [-0.25, -0.2) is 9.97 Å². The maximum Gasteiger partial charge on any atom is 0.267 e. The molecule has 0 atom stereocenters. The molecule has 1 amide bonds. The number of anilines is 1. The predicted molar refractivity (Wildman–Crippen MR) is 65.5 cm³/mol. The standard InChI is InChI=1S/C11H10N4OS/c12-7-1-3-8(4-2-7)17-11-14-6-5-9(15-11)10(13)16/h1-6H,12H2,(H2,13,16). The van der Waals surface area contributed by atoms with Crippen LogP contribution in [-0.4, -0.2) is 15.9 Å². The molecule has 5 nitrogen and oxygen atoms in total. The summed E-state index contributed by atoms with van der Waals surface area (Å²) < 4.78 is 0. The van der Waals surface area contributed by atoms with E-state index < -0.39 is 5.91 Å². The molecule has 6 heteroatoms. The first-order chi connectivity index (χ1) is 8.15. The van der Waals surface area contributed by atoms with E-state index in [2.05, 4.69) is 9.97 Å². The van der Waals surface area contributed by atoms with E-state index in [4.69, 9.17) is 11.5 Å². The van der Waals surface area contributed by atoms with Gasteiger partial charge in [0, 0.05) is 16.8 Å². The van der Waals surface area contributed by atoms with Crippen molar-refractivity contribution in [1.82, 2.24) is 9.97 Å². The van der Waals surface area contributed by atoms with Crippen LogP contribution in [0.2, 0.25) is 0 Å². The van der Waals surface area contributed by atoms with Gasteiger partial charge in [-0.15, -0.1) is 0 Å². The first-order valence-electron chi connectivity index (χ1n) is 4.81. The molecule has 0 unspecified atom stereocenters. The Morgan fingerprint density at radius 1 is 1.18 bits per heavy atom. The maximum absolute atomic E-state index is 11.0. The first-order valence-corrected chi connectivity index (χ1v) is 5.63. The molecule has 86 valence electrons. The third kappa shape index (κ3) is 2.94. The van der Waals surface area contributed by atoms with E-state index in [0.29, 0.717) is 10.8 Å². The number of hydrogen-bond donors (Lipinski definition) is 2. The van der Waals surface area contributed by atoms with E-state index >= 15 is 0 Å². The zero-order chi connectivity index (χ0) is 12.3. The second-order valence-corrected chi connectivity index (χ2v) is 4.30. The summed E-state index contributed by atoms with van der Waals surface area (Å²) in [7, 11) is 0. The molecule has 0 spiro atoms. The lowest BCUT2D eigenvalue weighted by Crippen LogP contribution is -2.13. The minimum Gasteiger partial charge on any atom is -0.399 e. The Morgan fingerprint density at radius 2 is 1.88 bits per heavy atom. The van der Waals surface area contributed by atoms with Crippen molar-refractivity contribution in [2.45, 2.75) is 10.1 Å². The van der Waals surface area contributed by atoms with Gasteiger partial charge in [0.05, 0.1) is 0 Å². The van der Waals surface area contributed by atoms with Crippen molar-refractivity contribution >= 4 is 23.4 Å². The number of amides is 1. The van der Waals surface area contributed by atoms with E-state index in [9.17, 15) is 4.79 Å². The van der Waals surface area contributed by atoms with Crippen molar-refractivity contribution in [3.63, 3.8) is 0 Å². The van der Waals surface area contributed by atoms with E-state index in [0.717, 1.165) is 4.90 Å². The van der Waals surface area contributed by atoms with Crippen molar-refractivity contribution in [1.29, 1.82) is 0 Å². The number of aromatic nitrogens is 2. The Hall–Kier alpha value is -2.08. The number of benzene rings is 1. The zero-order valence-corrected chi connectivity index (χ0v) is 9.65. The number of hydrogen-bond acceptors (Lipinski definition) is 5. The third-order valence-electron chi connectivity index (χ3n) is 1.98. The molecule has 4 N–H and O–H groups in total. The van der Waals surface area contributed by atoms with Crippen molar-refractivity contribution in [3.05, 3.63) is 42.2 Å². The average molecular weight is 246 g/mol. The van der Waals surface area contributed by atoms with E-state index in [1.54, 1.807) is 12.1 Å². The molecule has 0 saturated carbocycles. The normalized spacial score (nSPS) is 10.1. The second-order valence-electron chi connectivity index (χ2n) is 3.26. The fourth-order valence-electron chi connectivity index (χ4n) is 1.17. The third-order valence-corrected chi connectivity index (χ3v) is 2.86. The van der Waals surface area contributed by atoms with Gasteiger partial charge in [0.1, 0.15) is 5.69 Å². The molecule has 17 heavy (non-hydrogen) atoms. The topological polar surface area (TPSA) is 94.9 Å². The van der Waals surface area contributed by atoms with Crippen LogP contribution in [0.15, 0.2) is 46.6 Å². The average Bonchev–Trinajstić information content (AvgIpc) is 2.32. The largest absolute Gasteiger partial charge is 0.399 e. The van der Waals surface area contributed by atoms with Gasteiger partial charge in [-0.1, -0.05) is 0 Å². The summed E-state index contributed by atoms with van der Waals surface area (Å²) in [5.74, 6) is -0.563. The molecule has 2 rings (SSSR count). The number of carbonyl (C=O) groups is 1. The molecule has 1 heterocycles. The molecule has 0 aliphatic rings. The molecule has 1 aromatic heterocycles. The van der Waals surface area contributed by atoms with Gasteiger partial charge >= 0.3 is 0 Å². The van der Waals surface area contributed by atoms with Gasteiger partial charge in [-0.3, -0.25) is 4.79 Å². The van der Waals surface area contributed by atoms with Crippen LogP contribution in [0.5, 0.6) is 0 Å². The highest BCUT2D eigenvalue weighted by atomic mass is 32.2. The van der Waals surface area contributed by atoms with Crippen LogP contribution < -0.4 is 11.5 Å². The Kier molecular flexibility index (Phi) is 3.24. The minimum atomic E-state index is -0.563. The summed E-state index contributed by atoms with van der Waals surface area (Å²) in [4.78, 5) is 20.0. The van der Waals surface area contributed by atoms with Gasteiger partial charge in [0.15, 0.2) is 5.16 Å². The first kappa shape index (κ1) is 11.4. The summed E-state index contributed by atoms with van der Waals surface area (Å²) in [6, 6.07) is 8.79. The van der Waals surface area contributed by atoms with Crippen LogP contribution >= 0.6 is 11.8 Å². The summed E-state index contributed by atoms with van der Waals surface area (Å²) >= 11 is 1.34. The monoisotopic (exact) mass is 246 g/mol. The Morgan fingerprint density at radius 3 is 2.53 bits per heavy atom. The molecule has 1 aromatic carbocycles. The number of rotatable bonds is 3. The fraction of sp³-hybridized carbons (Fsp3) is 0. The van der Waals surface area contributed by atoms with Crippen LogP contribution in [-0.2, 0) is 0 Å². The predicted octanol–water partition coefficient (Wildman–Crippen LogP) is 1.31. The summed E-state index contributed by atoms with van der Waals surface area (Å²) in [6.45, 7) is 0. The Bertz CT molecular complexity index is 541. The highest BCUT2D eigenvalue weighted by molar-refractivity contribution is 7.99. The molecule has 0 fully saturated rings. The minimum absolute atomic E-state index is 0.206. The number of nitrogen functional groups attached to an aromatic ring is 1. The SMILES string of the molecule is NC(=O)c1ccnc(Sc2ccc(N)cc2)n1. The lowest BCUT2D eigenvalue weighted by Gasteiger charge is -2.01. The number of nitrogens with zero attached hydrogens (tertiary/aromatic N) is 2. The number of carbonyl (C=O) groups excluding carboxylic acids is 1. The van der Waals surface area contributed by atoms with Crippen LogP contribution in [0.25, 0.3) is 0 Å². The summed E-state index contributed by atoms with van der Waals surface area (Å²) in [6.07, 6.45) is 1.51. The molecule has 0 saturated heterocycles. The van der Waals surface area contributed by atoms with Crippen molar-refractivity contribution in [2.24, 2.45) is 5.73 Å².